The fourth-order valence-corrected chi connectivity index (χ4v) is 4.77. The molecule has 1 N–H and O–H groups in total. The Morgan fingerprint density at radius 2 is 1.45 bits per heavy atom. The van der Waals surface area contributed by atoms with Gasteiger partial charge in [-0.05, 0) is 43.8 Å². The van der Waals surface area contributed by atoms with Gasteiger partial charge in [-0.1, -0.05) is 84.1 Å². The van der Waals surface area contributed by atoms with Gasteiger partial charge in [-0.15, -0.1) is 0 Å². The van der Waals surface area contributed by atoms with Crippen molar-refractivity contribution in [3.05, 3.63) is 96.1 Å². The van der Waals surface area contributed by atoms with E-state index in [4.69, 9.17) is 0 Å². The molecule has 0 aliphatic rings. The SMILES string of the molecule is CN(C)CCN(CCC(c1ccccc1)c1ccccc1)C(=O)Nc1nc2ccccc2s1. The first-order chi connectivity index (χ1) is 16.1. The van der Waals surface area contributed by atoms with Crippen LogP contribution in [0.5, 0.6) is 0 Å². The van der Waals surface area contributed by atoms with Crippen LogP contribution < -0.4 is 5.32 Å². The van der Waals surface area contributed by atoms with Gasteiger partial charge >= 0.3 is 6.03 Å². The summed E-state index contributed by atoms with van der Waals surface area (Å²) in [5, 5.41) is 3.67. The van der Waals surface area contributed by atoms with E-state index >= 15 is 0 Å². The van der Waals surface area contributed by atoms with Crippen LogP contribution in [0.15, 0.2) is 84.9 Å². The Morgan fingerprint density at radius 3 is 2.06 bits per heavy atom. The first-order valence-electron chi connectivity index (χ1n) is 11.3. The number of hydrogen-bond donors (Lipinski definition) is 1. The molecule has 4 aromatic rings. The Hall–Kier alpha value is -3.22. The number of carbonyl (C=O) groups excluding carboxylic acids is 1. The molecule has 33 heavy (non-hydrogen) atoms. The molecule has 1 heterocycles. The lowest BCUT2D eigenvalue weighted by molar-refractivity contribution is 0.203. The lowest BCUT2D eigenvalue weighted by atomic mass is 9.88. The first-order valence-corrected chi connectivity index (χ1v) is 12.1. The summed E-state index contributed by atoms with van der Waals surface area (Å²) in [5.41, 5.74) is 3.44. The standard InChI is InChI=1S/C27H30N4OS/c1-30(2)19-20-31(27(32)29-26-28-24-15-9-10-16-25(24)33-26)18-17-23(21-11-5-3-6-12-21)22-13-7-4-8-14-22/h3-16,23H,17-20H2,1-2H3,(H,28,29,32). The number of rotatable bonds is 9. The number of urea groups is 1. The van der Waals surface area contributed by atoms with Crippen molar-refractivity contribution >= 4 is 32.7 Å². The maximum Gasteiger partial charge on any atom is 0.323 e. The molecule has 0 saturated carbocycles. The fourth-order valence-electron chi connectivity index (χ4n) is 3.91. The maximum atomic E-state index is 13.3. The average molecular weight is 459 g/mol. The maximum absolute atomic E-state index is 13.3. The van der Waals surface area contributed by atoms with E-state index in [1.165, 1.54) is 22.5 Å². The Balaban J connectivity index is 1.51. The Labute approximate surface area is 199 Å². The van der Waals surface area contributed by atoms with Crippen LogP contribution in [0.25, 0.3) is 10.2 Å². The molecule has 5 nitrogen and oxygen atoms in total. The molecule has 1 aromatic heterocycles. The summed E-state index contributed by atoms with van der Waals surface area (Å²) in [6.45, 7) is 2.10. The number of carbonyl (C=O) groups is 1. The molecule has 0 fully saturated rings. The van der Waals surface area contributed by atoms with E-state index in [9.17, 15) is 4.79 Å². The van der Waals surface area contributed by atoms with Gasteiger partial charge in [0.15, 0.2) is 5.13 Å². The Bertz CT molecular complexity index is 1090. The fraction of sp³-hybridized carbons (Fsp3) is 0.259. The van der Waals surface area contributed by atoms with Crippen LogP contribution in [0, 0.1) is 0 Å². The molecule has 0 bridgehead atoms. The summed E-state index contributed by atoms with van der Waals surface area (Å²) in [4.78, 5) is 21.8. The smallest absolute Gasteiger partial charge is 0.323 e. The van der Waals surface area contributed by atoms with Gasteiger partial charge < -0.3 is 9.80 Å². The van der Waals surface area contributed by atoms with E-state index in [0.29, 0.717) is 18.2 Å². The molecule has 0 radical (unpaired) electrons. The van der Waals surface area contributed by atoms with Crippen LogP contribution >= 0.6 is 11.3 Å². The van der Waals surface area contributed by atoms with E-state index in [1.807, 2.05) is 55.4 Å². The molecule has 0 aliphatic heterocycles. The minimum Gasteiger partial charge on any atom is -0.323 e. The van der Waals surface area contributed by atoms with Crippen LogP contribution in [-0.2, 0) is 0 Å². The second kappa shape index (κ2) is 11.1. The predicted octanol–water partition coefficient (Wildman–Crippen LogP) is 5.91. The van der Waals surface area contributed by atoms with Crippen LogP contribution in [0.2, 0.25) is 0 Å². The van der Waals surface area contributed by atoms with Crippen molar-refractivity contribution in [1.29, 1.82) is 0 Å². The van der Waals surface area contributed by atoms with Crippen molar-refractivity contribution in [1.82, 2.24) is 14.8 Å². The molecule has 4 rings (SSSR count). The highest BCUT2D eigenvalue weighted by molar-refractivity contribution is 7.22. The zero-order valence-electron chi connectivity index (χ0n) is 19.1. The predicted molar refractivity (Wildman–Crippen MR) is 138 cm³/mol. The van der Waals surface area contributed by atoms with Gasteiger partial charge in [0.25, 0.3) is 0 Å². The third-order valence-corrected chi connectivity index (χ3v) is 6.66. The molecule has 0 aliphatic carbocycles. The summed E-state index contributed by atoms with van der Waals surface area (Å²) in [7, 11) is 4.06. The van der Waals surface area contributed by atoms with Crippen LogP contribution in [0.1, 0.15) is 23.5 Å². The van der Waals surface area contributed by atoms with E-state index in [1.54, 1.807) is 0 Å². The number of anilines is 1. The molecular formula is C27H30N4OS. The quantitative estimate of drug-likeness (QED) is 0.339. The summed E-state index contributed by atoms with van der Waals surface area (Å²) in [6.07, 6.45) is 0.842. The molecule has 2 amide bonds. The zero-order chi connectivity index (χ0) is 23.0. The van der Waals surface area contributed by atoms with Gasteiger partial charge in [-0.2, -0.15) is 0 Å². The number of nitrogens with zero attached hydrogens (tertiary/aromatic N) is 3. The highest BCUT2D eigenvalue weighted by Gasteiger charge is 2.20. The largest absolute Gasteiger partial charge is 0.323 e. The van der Waals surface area contributed by atoms with Crippen LogP contribution in [0.3, 0.4) is 0 Å². The molecule has 6 heteroatoms. The zero-order valence-corrected chi connectivity index (χ0v) is 20.0. The summed E-state index contributed by atoms with van der Waals surface area (Å²) in [6, 6.07) is 28.9. The highest BCUT2D eigenvalue weighted by atomic mass is 32.1. The summed E-state index contributed by atoms with van der Waals surface area (Å²) >= 11 is 1.51. The van der Waals surface area contributed by atoms with Gasteiger partial charge in [0.1, 0.15) is 0 Å². The van der Waals surface area contributed by atoms with Gasteiger partial charge in [0.2, 0.25) is 0 Å². The van der Waals surface area contributed by atoms with Crippen molar-refractivity contribution < 1.29 is 4.79 Å². The highest BCUT2D eigenvalue weighted by Crippen LogP contribution is 2.29. The number of thiazole rings is 1. The van der Waals surface area contributed by atoms with Gasteiger partial charge in [0, 0.05) is 25.6 Å². The Kier molecular flexibility index (Phi) is 7.70. The second-order valence-corrected chi connectivity index (χ2v) is 9.40. The van der Waals surface area contributed by atoms with Crippen LogP contribution in [0.4, 0.5) is 9.93 Å². The minimum absolute atomic E-state index is 0.101. The van der Waals surface area contributed by atoms with Crippen molar-refractivity contribution in [2.24, 2.45) is 0 Å². The topological polar surface area (TPSA) is 48.5 Å². The molecule has 3 aromatic carbocycles. The van der Waals surface area contributed by atoms with Crippen molar-refractivity contribution in [2.75, 3.05) is 39.0 Å². The molecule has 0 spiro atoms. The second-order valence-electron chi connectivity index (χ2n) is 8.37. The lowest BCUT2D eigenvalue weighted by Crippen LogP contribution is -2.40. The van der Waals surface area contributed by atoms with E-state index in [0.717, 1.165) is 23.2 Å². The number of amides is 2. The third-order valence-electron chi connectivity index (χ3n) is 5.70. The van der Waals surface area contributed by atoms with Gasteiger partial charge in [-0.25, -0.2) is 9.78 Å². The van der Waals surface area contributed by atoms with Crippen molar-refractivity contribution in [2.45, 2.75) is 12.3 Å². The van der Waals surface area contributed by atoms with E-state index in [-0.39, 0.29) is 11.9 Å². The van der Waals surface area contributed by atoms with Crippen molar-refractivity contribution in [3.8, 4) is 0 Å². The summed E-state index contributed by atoms with van der Waals surface area (Å²) in [5.74, 6) is 0.226. The molecular weight excluding hydrogens is 428 g/mol. The normalized spacial score (nSPS) is 11.3. The van der Waals surface area contributed by atoms with Gasteiger partial charge in [0.05, 0.1) is 10.2 Å². The molecule has 170 valence electrons. The molecule has 0 unspecified atom stereocenters. The third kappa shape index (κ3) is 6.18. The van der Waals surface area contributed by atoms with E-state index in [2.05, 4.69) is 63.7 Å². The minimum atomic E-state index is -0.101. The first kappa shape index (κ1) is 23.0. The molecule has 0 atom stereocenters. The number of hydrogen-bond acceptors (Lipinski definition) is 4. The van der Waals surface area contributed by atoms with E-state index < -0.39 is 0 Å². The summed E-state index contributed by atoms with van der Waals surface area (Å²) < 4.78 is 1.07. The number of aromatic nitrogens is 1. The van der Waals surface area contributed by atoms with Crippen LogP contribution in [-0.4, -0.2) is 54.5 Å². The number of nitrogens with one attached hydrogen (secondary N) is 1. The number of fused-ring (bicyclic) bond motifs is 1. The monoisotopic (exact) mass is 458 g/mol. The van der Waals surface area contributed by atoms with Crippen molar-refractivity contribution in [3.63, 3.8) is 0 Å². The number of benzene rings is 3. The average Bonchev–Trinajstić information content (AvgIpc) is 3.24. The molecule has 0 saturated heterocycles. The lowest BCUT2D eigenvalue weighted by Gasteiger charge is -2.27. The Morgan fingerprint density at radius 1 is 0.848 bits per heavy atom. The number of likely N-dealkylation sites (N-methyl/N-ethyl adjacent to an activating group) is 1. The van der Waals surface area contributed by atoms with Gasteiger partial charge in [-0.3, -0.25) is 5.32 Å². The number of para-hydroxylation sites is 1.